The molecule has 19 heavy (non-hydrogen) atoms. The van der Waals surface area contributed by atoms with Gasteiger partial charge in [0.05, 0.1) is 5.56 Å². The number of alkyl halides is 3. The van der Waals surface area contributed by atoms with Crippen molar-refractivity contribution < 1.29 is 27.9 Å². The first-order chi connectivity index (χ1) is 8.75. The van der Waals surface area contributed by atoms with Crippen molar-refractivity contribution >= 4 is 11.8 Å². The van der Waals surface area contributed by atoms with Crippen LogP contribution in [0.25, 0.3) is 0 Å². The van der Waals surface area contributed by atoms with Crippen LogP contribution in [0.1, 0.15) is 24.5 Å². The summed E-state index contributed by atoms with van der Waals surface area (Å²) >= 11 is 0. The van der Waals surface area contributed by atoms with E-state index < -0.39 is 29.4 Å². The number of carboxylic acids is 1. The third-order valence-electron chi connectivity index (χ3n) is 2.73. The molecule has 0 aliphatic carbocycles. The highest BCUT2D eigenvalue weighted by Gasteiger charge is 2.31. The minimum atomic E-state index is -4.48. The summed E-state index contributed by atoms with van der Waals surface area (Å²) in [5, 5.41) is 8.80. The predicted molar refractivity (Wildman–Crippen MR) is 61.6 cm³/mol. The summed E-state index contributed by atoms with van der Waals surface area (Å²) in [7, 11) is 0. The number of carbonyl (C=O) groups excluding carboxylic acids is 1. The maximum atomic E-state index is 12.5. The molecule has 3 nitrogen and oxygen atoms in total. The largest absolute Gasteiger partial charge is 0.481 e. The first-order valence-electron chi connectivity index (χ1n) is 5.67. The Bertz CT molecular complexity index is 480. The van der Waals surface area contributed by atoms with Crippen molar-refractivity contribution in [3.63, 3.8) is 0 Å². The fraction of sp³-hybridized carbons (Fsp3) is 0.385. The Morgan fingerprint density at radius 3 is 2.42 bits per heavy atom. The molecule has 1 atom stereocenters. The van der Waals surface area contributed by atoms with Crippen LogP contribution in [0.5, 0.6) is 0 Å². The third-order valence-corrected chi connectivity index (χ3v) is 2.73. The molecule has 104 valence electrons. The van der Waals surface area contributed by atoms with Gasteiger partial charge in [0, 0.05) is 6.42 Å². The average molecular weight is 274 g/mol. The molecular weight excluding hydrogens is 261 g/mol. The summed E-state index contributed by atoms with van der Waals surface area (Å²) in [6.45, 7) is 1.54. The van der Waals surface area contributed by atoms with Gasteiger partial charge in [0.25, 0.3) is 0 Å². The monoisotopic (exact) mass is 274 g/mol. The summed E-state index contributed by atoms with van der Waals surface area (Å²) in [4.78, 5) is 22.5. The van der Waals surface area contributed by atoms with Crippen molar-refractivity contribution in [2.24, 2.45) is 5.92 Å². The van der Waals surface area contributed by atoms with E-state index in [0.717, 1.165) is 12.1 Å². The van der Waals surface area contributed by atoms with Gasteiger partial charge in [0.15, 0.2) is 5.78 Å². The second kappa shape index (κ2) is 5.86. The Morgan fingerprint density at radius 2 is 1.95 bits per heavy atom. The van der Waals surface area contributed by atoms with E-state index in [1.165, 1.54) is 12.1 Å². The van der Waals surface area contributed by atoms with Crippen LogP contribution in [-0.4, -0.2) is 16.9 Å². The van der Waals surface area contributed by atoms with Gasteiger partial charge in [-0.25, -0.2) is 0 Å². The highest BCUT2D eigenvalue weighted by Crippen LogP contribution is 2.29. The molecular formula is C13H13F3O3. The Labute approximate surface area is 108 Å². The molecule has 1 rings (SSSR count). The van der Waals surface area contributed by atoms with Crippen molar-refractivity contribution in [1.29, 1.82) is 0 Å². The zero-order valence-electron chi connectivity index (χ0n) is 10.2. The highest BCUT2D eigenvalue weighted by molar-refractivity contribution is 5.99. The van der Waals surface area contributed by atoms with E-state index in [9.17, 15) is 22.8 Å². The van der Waals surface area contributed by atoms with E-state index >= 15 is 0 Å². The van der Waals surface area contributed by atoms with Crippen LogP contribution in [0.2, 0.25) is 0 Å². The van der Waals surface area contributed by atoms with Gasteiger partial charge in [0.2, 0.25) is 0 Å². The smallest absolute Gasteiger partial charge is 0.416 e. The maximum Gasteiger partial charge on any atom is 0.416 e. The van der Waals surface area contributed by atoms with Crippen LogP contribution >= 0.6 is 0 Å². The van der Waals surface area contributed by atoms with E-state index in [4.69, 9.17) is 5.11 Å². The lowest BCUT2D eigenvalue weighted by Crippen LogP contribution is -2.24. The number of rotatable bonds is 5. The molecule has 0 bridgehead atoms. The van der Waals surface area contributed by atoms with E-state index in [2.05, 4.69) is 0 Å². The second-order valence-electron chi connectivity index (χ2n) is 4.14. The molecule has 0 aromatic heterocycles. The zero-order chi connectivity index (χ0) is 14.6. The molecule has 0 heterocycles. The molecule has 0 amide bonds. The number of hydrogen-bond donors (Lipinski definition) is 1. The zero-order valence-corrected chi connectivity index (χ0v) is 10.2. The topological polar surface area (TPSA) is 54.4 Å². The van der Waals surface area contributed by atoms with Crippen molar-refractivity contribution in [2.45, 2.75) is 25.9 Å². The fourth-order valence-corrected chi connectivity index (χ4v) is 1.72. The summed E-state index contributed by atoms with van der Waals surface area (Å²) in [6.07, 6.45) is -4.67. The number of benzene rings is 1. The molecule has 1 aromatic carbocycles. The van der Waals surface area contributed by atoms with Gasteiger partial charge in [-0.05, 0) is 18.1 Å². The van der Waals surface area contributed by atoms with Gasteiger partial charge in [-0.1, -0.05) is 25.1 Å². The van der Waals surface area contributed by atoms with E-state index in [0.29, 0.717) is 0 Å². The summed E-state index contributed by atoms with van der Waals surface area (Å²) in [5.74, 6) is -3.01. The molecule has 0 spiro atoms. The minimum absolute atomic E-state index is 0.118. The predicted octanol–water partition coefficient (Wildman–Crippen LogP) is 2.93. The molecule has 6 heteroatoms. The number of ketones is 1. The fourth-order valence-electron chi connectivity index (χ4n) is 1.72. The molecule has 0 aliphatic rings. The first-order valence-corrected chi connectivity index (χ1v) is 5.67. The number of carboxylic acid groups (broad SMARTS) is 1. The Balaban J connectivity index is 2.89. The Morgan fingerprint density at radius 1 is 1.32 bits per heavy atom. The maximum absolute atomic E-state index is 12.5. The Kier molecular flexibility index (Phi) is 4.69. The normalized spacial score (nSPS) is 13.1. The third kappa shape index (κ3) is 4.08. The van der Waals surface area contributed by atoms with Crippen LogP contribution in [0.3, 0.4) is 0 Å². The van der Waals surface area contributed by atoms with Gasteiger partial charge >= 0.3 is 12.1 Å². The van der Waals surface area contributed by atoms with E-state index in [1.54, 1.807) is 6.92 Å². The minimum Gasteiger partial charge on any atom is -0.481 e. The lowest BCUT2D eigenvalue weighted by molar-refractivity contribution is -0.146. The van der Waals surface area contributed by atoms with Crippen LogP contribution in [0.15, 0.2) is 24.3 Å². The first kappa shape index (κ1) is 15.2. The molecule has 0 saturated heterocycles. The molecule has 0 radical (unpaired) electrons. The van der Waals surface area contributed by atoms with Gasteiger partial charge in [-0.3, -0.25) is 9.59 Å². The number of aliphatic carboxylic acids is 1. The molecule has 0 fully saturated rings. The van der Waals surface area contributed by atoms with Crippen molar-refractivity contribution in [1.82, 2.24) is 0 Å². The van der Waals surface area contributed by atoms with Gasteiger partial charge in [-0.2, -0.15) is 13.2 Å². The molecule has 1 aromatic rings. The molecule has 0 saturated carbocycles. The SMILES string of the molecule is CCC(C(=O)O)C(=O)Cc1cccc(C(F)(F)F)c1. The molecule has 1 N–H and O–H groups in total. The Hall–Kier alpha value is -1.85. The number of halogens is 3. The van der Waals surface area contributed by atoms with Crippen molar-refractivity contribution in [3.8, 4) is 0 Å². The quantitative estimate of drug-likeness (QED) is 0.840. The number of hydrogen-bond acceptors (Lipinski definition) is 2. The van der Waals surface area contributed by atoms with Crippen LogP contribution < -0.4 is 0 Å². The van der Waals surface area contributed by atoms with E-state index in [-0.39, 0.29) is 18.4 Å². The standard InChI is InChI=1S/C13H13F3O3/c1-2-10(12(18)19)11(17)7-8-4-3-5-9(6-8)13(14,15)16/h3-6,10H,2,7H2,1H3,(H,18,19). The van der Waals surface area contributed by atoms with Crippen LogP contribution in [-0.2, 0) is 22.2 Å². The van der Waals surface area contributed by atoms with Gasteiger partial charge in [-0.15, -0.1) is 0 Å². The highest BCUT2D eigenvalue weighted by atomic mass is 19.4. The average Bonchev–Trinajstić information content (AvgIpc) is 2.28. The lowest BCUT2D eigenvalue weighted by Gasteiger charge is -2.11. The number of carbonyl (C=O) groups is 2. The summed E-state index contributed by atoms with van der Waals surface area (Å²) in [6, 6.07) is 4.35. The van der Waals surface area contributed by atoms with Gasteiger partial charge in [0.1, 0.15) is 5.92 Å². The molecule has 1 unspecified atom stereocenters. The molecule has 0 aliphatic heterocycles. The van der Waals surface area contributed by atoms with Crippen LogP contribution in [0.4, 0.5) is 13.2 Å². The van der Waals surface area contributed by atoms with Gasteiger partial charge < -0.3 is 5.11 Å². The van der Waals surface area contributed by atoms with Crippen molar-refractivity contribution in [2.75, 3.05) is 0 Å². The van der Waals surface area contributed by atoms with E-state index in [1.807, 2.05) is 0 Å². The summed E-state index contributed by atoms with van der Waals surface area (Å²) in [5.41, 5.74) is -0.680. The van der Waals surface area contributed by atoms with Crippen LogP contribution in [0, 0.1) is 5.92 Å². The lowest BCUT2D eigenvalue weighted by atomic mass is 9.95. The number of Topliss-reactive ketones (excluding diaryl/α,β-unsaturated/α-hetero) is 1. The second-order valence-corrected chi connectivity index (χ2v) is 4.14. The summed E-state index contributed by atoms with van der Waals surface area (Å²) < 4.78 is 37.4. The van der Waals surface area contributed by atoms with Crippen molar-refractivity contribution in [3.05, 3.63) is 35.4 Å².